The van der Waals surface area contributed by atoms with Gasteiger partial charge in [0.1, 0.15) is 11.8 Å². The Morgan fingerprint density at radius 1 is 1.39 bits per heavy atom. The average molecular weight is 342 g/mol. The van der Waals surface area contributed by atoms with E-state index in [-0.39, 0.29) is 24.2 Å². The zero-order valence-corrected chi connectivity index (χ0v) is 14.3. The highest BCUT2D eigenvalue weighted by atomic mass is 35.5. The second-order valence-electron chi connectivity index (χ2n) is 5.28. The number of carbonyl (C=O) groups excluding carboxylic acids is 2. The zero-order chi connectivity index (χ0) is 15.9. The third-order valence-electron chi connectivity index (χ3n) is 3.75. The molecule has 128 valence electrons. The lowest BCUT2D eigenvalue weighted by Gasteiger charge is -2.19. The normalized spacial score (nSPS) is 16.9. The van der Waals surface area contributed by atoms with E-state index >= 15 is 0 Å². The molecule has 1 saturated heterocycles. The van der Waals surface area contributed by atoms with E-state index in [2.05, 4.69) is 10.6 Å². The first-order chi connectivity index (χ1) is 10.7. The number of halogens is 1. The molecular weight excluding hydrogens is 318 g/mol. The molecule has 1 heterocycles. The van der Waals surface area contributed by atoms with E-state index in [0.717, 1.165) is 18.7 Å². The summed E-state index contributed by atoms with van der Waals surface area (Å²) in [6.07, 6.45) is 1.81. The third-order valence-corrected chi connectivity index (χ3v) is 3.75. The van der Waals surface area contributed by atoms with Crippen molar-refractivity contribution in [2.45, 2.75) is 25.3 Å². The molecule has 2 rings (SSSR count). The van der Waals surface area contributed by atoms with Gasteiger partial charge in [-0.05, 0) is 38.6 Å². The summed E-state index contributed by atoms with van der Waals surface area (Å²) in [6, 6.07) is 6.98. The number of rotatable bonds is 7. The molecule has 2 N–H and O–H groups in total. The molecule has 0 aliphatic carbocycles. The van der Waals surface area contributed by atoms with Crippen LogP contribution >= 0.6 is 12.4 Å². The van der Waals surface area contributed by atoms with E-state index in [4.69, 9.17) is 4.74 Å². The van der Waals surface area contributed by atoms with Crippen LogP contribution < -0.4 is 20.3 Å². The summed E-state index contributed by atoms with van der Waals surface area (Å²) in [5.74, 6) is 0.513. The summed E-state index contributed by atoms with van der Waals surface area (Å²) in [6.45, 7) is 1.38. The molecule has 0 spiro atoms. The highest BCUT2D eigenvalue weighted by Gasteiger charge is 2.34. The number of nitrogens with zero attached hydrogens (tertiary/aromatic N) is 1. The molecular formula is C16H24ClN3O3. The van der Waals surface area contributed by atoms with Crippen molar-refractivity contribution in [3.63, 3.8) is 0 Å². The molecule has 0 aromatic heterocycles. The Kier molecular flexibility index (Phi) is 7.85. The maximum absolute atomic E-state index is 12.5. The highest BCUT2D eigenvalue weighted by Crippen LogP contribution is 2.30. The molecule has 1 unspecified atom stereocenters. The van der Waals surface area contributed by atoms with E-state index in [1.165, 1.54) is 0 Å². The number of benzene rings is 1. The van der Waals surface area contributed by atoms with E-state index in [1.54, 1.807) is 12.0 Å². The number of methoxy groups -OCH3 is 1. The lowest BCUT2D eigenvalue weighted by molar-refractivity contribution is -0.126. The predicted octanol–water partition coefficient (Wildman–Crippen LogP) is 1.34. The summed E-state index contributed by atoms with van der Waals surface area (Å²) in [5.41, 5.74) is 0.752. The number of para-hydroxylation sites is 2. The van der Waals surface area contributed by atoms with Crippen LogP contribution in [0.15, 0.2) is 24.3 Å². The quantitative estimate of drug-likeness (QED) is 0.734. The second-order valence-corrected chi connectivity index (χ2v) is 5.28. The zero-order valence-electron chi connectivity index (χ0n) is 13.5. The lowest BCUT2D eigenvalue weighted by Crippen LogP contribution is -2.41. The molecule has 1 atom stereocenters. The van der Waals surface area contributed by atoms with Crippen LogP contribution in [0.1, 0.15) is 19.3 Å². The largest absolute Gasteiger partial charge is 0.495 e. The Morgan fingerprint density at radius 3 is 2.83 bits per heavy atom. The minimum atomic E-state index is -0.438. The van der Waals surface area contributed by atoms with Crippen molar-refractivity contribution in [3.8, 4) is 5.75 Å². The standard InChI is InChI=1S/C16H23N3O3.ClH/c1-17-10-5-8-15(20)18-12-9-11-19(16(12)21)13-6-3-4-7-14(13)22-2;/h3-4,6-7,12,17H,5,8-11H2,1-2H3,(H,18,20);1H. The van der Waals surface area contributed by atoms with Gasteiger partial charge in [-0.2, -0.15) is 0 Å². The van der Waals surface area contributed by atoms with E-state index in [0.29, 0.717) is 25.1 Å². The molecule has 7 heteroatoms. The molecule has 1 aromatic carbocycles. The molecule has 1 fully saturated rings. The van der Waals surface area contributed by atoms with Gasteiger partial charge in [-0.1, -0.05) is 12.1 Å². The van der Waals surface area contributed by atoms with Crippen molar-refractivity contribution >= 4 is 29.9 Å². The lowest BCUT2D eigenvalue weighted by atomic mass is 10.2. The first-order valence-electron chi connectivity index (χ1n) is 7.55. The van der Waals surface area contributed by atoms with Gasteiger partial charge in [-0.25, -0.2) is 0 Å². The summed E-state index contributed by atoms with van der Waals surface area (Å²) in [5, 5.41) is 5.82. The Bertz CT molecular complexity index is 539. The van der Waals surface area contributed by atoms with Crippen LogP contribution in [0.3, 0.4) is 0 Å². The number of carbonyl (C=O) groups is 2. The monoisotopic (exact) mass is 341 g/mol. The molecule has 1 aliphatic heterocycles. The molecule has 0 bridgehead atoms. The van der Waals surface area contributed by atoms with Gasteiger partial charge >= 0.3 is 0 Å². The summed E-state index contributed by atoms with van der Waals surface area (Å²) >= 11 is 0. The molecule has 0 saturated carbocycles. The van der Waals surface area contributed by atoms with Crippen LogP contribution in [0.25, 0.3) is 0 Å². The summed E-state index contributed by atoms with van der Waals surface area (Å²) in [4.78, 5) is 26.0. The maximum atomic E-state index is 12.5. The fourth-order valence-electron chi connectivity index (χ4n) is 2.60. The minimum Gasteiger partial charge on any atom is -0.495 e. The minimum absolute atomic E-state index is 0. The maximum Gasteiger partial charge on any atom is 0.249 e. The Hall–Kier alpha value is -1.79. The summed E-state index contributed by atoms with van der Waals surface area (Å²) in [7, 11) is 3.43. The van der Waals surface area contributed by atoms with Gasteiger partial charge in [0.25, 0.3) is 0 Å². The Balaban J connectivity index is 0.00000264. The van der Waals surface area contributed by atoms with Crippen LogP contribution in [-0.2, 0) is 9.59 Å². The molecule has 2 amide bonds. The van der Waals surface area contributed by atoms with Crippen LogP contribution in [-0.4, -0.2) is 45.1 Å². The first-order valence-corrected chi connectivity index (χ1v) is 7.55. The molecule has 1 aliphatic rings. The van der Waals surface area contributed by atoms with Gasteiger partial charge < -0.3 is 20.3 Å². The van der Waals surface area contributed by atoms with Gasteiger partial charge in [0.2, 0.25) is 11.8 Å². The van der Waals surface area contributed by atoms with Crippen molar-refractivity contribution in [3.05, 3.63) is 24.3 Å². The third kappa shape index (κ3) is 4.84. The van der Waals surface area contributed by atoms with Crippen molar-refractivity contribution < 1.29 is 14.3 Å². The van der Waals surface area contributed by atoms with Crippen LogP contribution in [0.5, 0.6) is 5.75 Å². The number of ether oxygens (including phenoxy) is 1. The van der Waals surface area contributed by atoms with Gasteiger partial charge in [0.15, 0.2) is 0 Å². The number of nitrogens with one attached hydrogen (secondary N) is 2. The number of hydrogen-bond acceptors (Lipinski definition) is 4. The molecule has 6 nitrogen and oxygen atoms in total. The second kappa shape index (κ2) is 9.37. The van der Waals surface area contributed by atoms with Crippen LogP contribution in [0.2, 0.25) is 0 Å². The van der Waals surface area contributed by atoms with Crippen molar-refractivity contribution in [2.75, 3.05) is 32.1 Å². The Morgan fingerprint density at radius 2 is 2.13 bits per heavy atom. The van der Waals surface area contributed by atoms with Crippen LogP contribution in [0, 0.1) is 0 Å². The molecule has 23 heavy (non-hydrogen) atoms. The van der Waals surface area contributed by atoms with Crippen molar-refractivity contribution in [1.29, 1.82) is 0 Å². The smallest absolute Gasteiger partial charge is 0.249 e. The van der Waals surface area contributed by atoms with Gasteiger partial charge in [-0.3, -0.25) is 9.59 Å². The number of hydrogen-bond donors (Lipinski definition) is 2. The van der Waals surface area contributed by atoms with Gasteiger partial charge in [-0.15, -0.1) is 12.4 Å². The van der Waals surface area contributed by atoms with E-state index < -0.39 is 6.04 Å². The molecule has 1 aromatic rings. The predicted molar refractivity (Wildman–Crippen MR) is 92.3 cm³/mol. The van der Waals surface area contributed by atoms with Gasteiger partial charge in [0, 0.05) is 13.0 Å². The summed E-state index contributed by atoms with van der Waals surface area (Å²) < 4.78 is 5.30. The SMILES string of the molecule is CNCCCC(=O)NC1CCN(c2ccccc2OC)C1=O.Cl. The Labute approximate surface area is 143 Å². The van der Waals surface area contributed by atoms with E-state index in [1.807, 2.05) is 31.3 Å². The number of anilines is 1. The van der Waals surface area contributed by atoms with Crippen molar-refractivity contribution in [1.82, 2.24) is 10.6 Å². The number of amides is 2. The topological polar surface area (TPSA) is 70.7 Å². The highest BCUT2D eigenvalue weighted by molar-refractivity contribution is 6.02. The van der Waals surface area contributed by atoms with Crippen LogP contribution in [0.4, 0.5) is 5.69 Å². The fourth-order valence-corrected chi connectivity index (χ4v) is 2.60. The van der Waals surface area contributed by atoms with Gasteiger partial charge in [0.05, 0.1) is 12.8 Å². The fraction of sp³-hybridized carbons (Fsp3) is 0.500. The van der Waals surface area contributed by atoms with E-state index in [9.17, 15) is 9.59 Å². The molecule has 0 radical (unpaired) electrons. The van der Waals surface area contributed by atoms with Crippen molar-refractivity contribution in [2.24, 2.45) is 0 Å². The average Bonchev–Trinajstić information content (AvgIpc) is 2.88. The first kappa shape index (κ1) is 19.3.